The van der Waals surface area contributed by atoms with E-state index in [-0.39, 0.29) is 5.43 Å². The number of halogens is 1. The predicted octanol–water partition coefficient (Wildman–Crippen LogP) is 2.41. The molecule has 0 saturated carbocycles. The number of benzene rings is 1. The molecule has 1 aromatic carbocycles. The second-order valence-electron chi connectivity index (χ2n) is 2.77. The molecule has 4 heteroatoms. The molecule has 0 atom stereocenters. The molecule has 0 aliphatic carbocycles. The fraction of sp³-hybridized carbons (Fsp3) is 0.100. The van der Waals surface area contributed by atoms with Crippen LogP contribution in [0.5, 0.6) is 5.75 Å². The average molecular weight is 302 g/mol. The molecule has 72 valence electrons. The van der Waals surface area contributed by atoms with Gasteiger partial charge in [0.05, 0.1) is 16.1 Å². The molecule has 0 bridgehead atoms. The van der Waals surface area contributed by atoms with E-state index in [1.54, 1.807) is 25.3 Å². The topological polar surface area (TPSA) is 39.4 Å². The van der Waals surface area contributed by atoms with Gasteiger partial charge in [0, 0.05) is 0 Å². The van der Waals surface area contributed by atoms with Gasteiger partial charge in [-0.1, -0.05) is 0 Å². The van der Waals surface area contributed by atoms with E-state index < -0.39 is 0 Å². The van der Waals surface area contributed by atoms with Crippen LogP contribution in [-0.4, -0.2) is 7.11 Å². The first-order valence-electron chi connectivity index (χ1n) is 3.97. The first-order valence-corrected chi connectivity index (χ1v) is 5.05. The van der Waals surface area contributed by atoms with E-state index in [1.807, 2.05) is 22.6 Å². The fourth-order valence-corrected chi connectivity index (χ4v) is 1.63. The molecule has 2 aromatic rings. The smallest absolute Gasteiger partial charge is 0.206 e. The Morgan fingerprint density at radius 1 is 1.43 bits per heavy atom. The summed E-state index contributed by atoms with van der Waals surface area (Å²) in [5.74, 6) is 0.659. The van der Waals surface area contributed by atoms with Gasteiger partial charge in [-0.15, -0.1) is 0 Å². The van der Waals surface area contributed by atoms with Gasteiger partial charge < -0.3 is 9.15 Å². The van der Waals surface area contributed by atoms with Gasteiger partial charge in [-0.3, -0.25) is 4.79 Å². The summed E-state index contributed by atoms with van der Waals surface area (Å²) in [5, 5.41) is 0.552. The lowest BCUT2D eigenvalue weighted by Crippen LogP contribution is -2.04. The van der Waals surface area contributed by atoms with Crippen LogP contribution in [0, 0.1) is 3.57 Å². The molecule has 0 N–H and O–H groups in total. The summed E-state index contributed by atoms with van der Waals surface area (Å²) in [6.45, 7) is 0. The van der Waals surface area contributed by atoms with Gasteiger partial charge in [0.25, 0.3) is 0 Å². The molecule has 1 heterocycles. The molecule has 3 nitrogen and oxygen atoms in total. The molecule has 0 saturated heterocycles. The number of fused-ring (bicyclic) bond motifs is 1. The summed E-state index contributed by atoms with van der Waals surface area (Å²) < 4.78 is 10.9. The largest absolute Gasteiger partial charge is 0.497 e. The molecule has 0 aliphatic heterocycles. The van der Waals surface area contributed by atoms with Crippen molar-refractivity contribution in [3.05, 3.63) is 38.3 Å². The molecule has 0 radical (unpaired) electrons. The molecule has 0 fully saturated rings. The van der Waals surface area contributed by atoms with Crippen LogP contribution < -0.4 is 10.2 Å². The molecule has 0 amide bonds. The van der Waals surface area contributed by atoms with E-state index in [0.717, 1.165) is 0 Å². The minimum atomic E-state index is -0.0225. The standard InChI is InChI=1S/C10H7IO3/c1-13-6-2-3-9-7(4-6)10(12)8(11)5-14-9/h2-5H,1H3. The van der Waals surface area contributed by atoms with E-state index in [1.165, 1.54) is 6.26 Å². The SMILES string of the molecule is COc1ccc2occ(I)c(=O)c2c1. The van der Waals surface area contributed by atoms with E-state index in [9.17, 15) is 4.79 Å². The second kappa shape index (κ2) is 3.61. The molecule has 14 heavy (non-hydrogen) atoms. The van der Waals surface area contributed by atoms with Crippen LogP contribution in [0.3, 0.4) is 0 Å². The zero-order chi connectivity index (χ0) is 10.1. The maximum absolute atomic E-state index is 11.7. The number of hydrogen-bond donors (Lipinski definition) is 0. The summed E-state index contributed by atoms with van der Waals surface area (Å²) in [6.07, 6.45) is 1.46. The van der Waals surface area contributed by atoms with Crippen molar-refractivity contribution in [2.24, 2.45) is 0 Å². The van der Waals surface area contributed by atoms with Crippen LogP contribution in [0.4, 0.5) is 0 Å². The maximum Gasteiger partial charge on any atom is 0.206 e. The first kappa shape index (κ1) is 9.51. The van der Waals surface area contributed by atoms with Gasteiger partial charge >= 0.3 is 0 Å². The predicted molar refractivity (Wildman–Crippen MR) is 61.8 cm³/mol. The Kier molecular flexibility index (Phi) is 2.45. The van der Waals surface area contributed by atoms with Crippen molar-refractivity contribution in [1.29, 1.82) is 0 Å². The number of ether oxygens (including phenoxy) is 1. The maximum atomic E-state index is 11.7. The number of hydrogen-bond acceptors (Lipinski definition) is 3. The molecule has 0 unspecified atom stereocenters. The molecule has 0 spiro atoms. The normalized spacial score (nSPS) is 10.4. The molecule has 2 rings (SSSR count). The van der Waals surface area contributed by atoms with Crippen LogP contribution in [0.2, 0.25) is 0 Å². The third-order valence-corrected chi connectivity index (χ3v) is 2.68. The Balaban J connectivity index is 2.85. The highest BCUT2D eigenvalue weighted by Gasteiger charge is 2.05. The number of rotatable bonds is 1. The van der Waals surface area contributed by atoms with E-state index in [4.69, 9.17) is 9.15 Å². The van der Waals surface area contributed by atoms with Crippen molar-refractivity contribution < 1.29 is 9.15 Å². The minimum Gasteiger partial charge on any atom is -0.497 e. The minimum absolute atomic E-state index is 0.0225. The van der Waals surface area contributed by atoms with E-state index in [0.29, 0.717) is 20.3 Å². The quantitative estimate of drug-likeness (QED) is 0.759. The highest BCUT2D eigenvalue weighted by atomic mass is 127. The lowest BCUT2D eigenvalue weighted by molar-refractivity contribution is 0.415. The summed E-state index contributed by atoms with van der Waals surface area (Å²) in [6, 6.07) is 5.17. The summed E-state index contributed by atoms with van der Waals surface area (Å²) in [4.78, 5) is 11.7. The fourth-order valence-electron chi connectivity index (χ4n) is 1.21. The van der Waals surface area contributed by atoms with Gasteiger partial charge in [-0.05, 0) is 40.8 Å². The Bertz CT molecular complexity index is 530. The number of methoxy groups -OCH3 is 1. The van der Waals surface area contributed by atoms with Crippen molar-refractivity contribution in [1.82, 2.24) is 0 Å². The first-order chi connectivity index (χ1) is 6.72. The van der Waals surface area contributed by atoms with Crippen molar-refractivity contribution in [2.45, 2.75) is 0 Å². The monoisotopic (exact) mass is 302 g/mol. The Morgan fingerprint density at radius 3 is 2.93 bits per heavy atom. The third-order valence-electron chi connectivity index (χ3n) is 1.94. The van der Waals surface area contributed by atoms with Gasteiger partial charge in [0.2, 0.25) is 5.43 Å². The van der Waals surface area contributed by atoms with E-state index in [2.05, 4.69) is 0 Å². The Morgan fingerprint density at radius 2 is 2.21 bits per heavy atom. The molecule has 0 aliphatic rings. The van der Waals surface area contributed by atoms with Gasteiger partial charge in [0.1, 0.15) is 17.6 Å². The summed E-state index contributed by atoms with van der Waals surface area (Å²) in [7, 11) is 1.57. The average Bonchev–Trinajstić information content (AvgIpc) is 2.23. The van der Waals surface area contributed by atoms with Gasteiger partial charge in [-0.2, -0.15) is 0 Å². The zero-order valence-electron chi connectivity index (χ0n) is 7.41. The van der Waals surface area contributed by atoms with Crippen LogP contribution in [0.25, 0.3) is 11.0 Å². The highest BCUT2D eigenvalue weighted by molar-refractivity contribution is 14.1. The van der Waals surface area contributed by atoms with Crippen LogP contribution in [0.15, 0.2) is 33.7 Å². The van der Waals surface area contributed by atoms with Crippen LogP contribution >= 0.6 is 22.6 Å². The third kappa shape index (κ3) is 1.50. The van der Waals surface area contributed by atoms with Gasteiger partial charge in [-0.25, -0.2) is 0 Å². The van der Waals surface area contributed by atoms with Crippen molar-refractivity contribution >= 4 is 33.6 Å². The van der Waals surface area contributed by atoms with Crippen LogP contribution in [0.1, 0.15) is 0 Å². The highest BCUT2D eigenvalue weighted by Crippen LogP contribution is 2.18. The molecule has 1 aromatic heterocycles. The van der Waals surface area contributed by atoms with Crippen molar-refractivity contribution in [2.75, 3.05) is 7.11 Å². The summed E-state index contributed by atoms with van der Waals surface area (Å²) in [5.41, 5.74) is 0.557. The lowest BCUT2D eigenvalue weighted by Gasteiger charge is -2.00. The zero-order valence-corrected chi connectivity index (χ0v) is 9.57. The van der Waals surface area contributed by atoms with E-state index >= 15 is 0 Å². The van der Waals surface area contributed by atoms with Crippen molar-refractivity contribution in [3.8, 4) is 5.75 Å². The Labute approximate surface area is 93.8 Å². The second-order valence-corrected chi connectivity index (χ2v) is 3.94. The van der Waals surface area contributed by atoms with Gasteiger partial charge in [0.15, 0.2) is 0 Å². The van der Waals surface area contributed by atoms with Crippen molar-refractivity contribution in [3.63, 3.8) is 0 Å². The van der Waals surface area contributed by atoms with Crippen LogP contribution in [-0.2, 0) is 0 Å². The lowest BCUT2D eigenvalue weighted by atomic mass is 10.2. The Hall–Kier alpha value is -1.04. The summed E-state index contributed by atoms with van der Waals surface area (Å²) >= 11 is 1.95. The molecular formula is C10H7IO3. The molecular weight excluding hydrogens is 295 g/mol.